The molecule has 2 saturated heterocycles. The Bertz CT molecular complexity index is 571. The fourth-order valence-electron chi connectivity index (χ4n) is 4.24. The van der Waals surface area contributed by atoms with Crippen LogP contribution >= 0.6 is 24.8 Å². The lowest BCUT2D eigenvalue weighted by molar-refractivity contribution is -0.134. The van der Waals surface area contributed by atoms with Gasteiger partial charge in [0.25, 0.3) is 0 Å². The molecule has 7 heteroatoms. The van der Waals surface area contributed by atoms with Gasteiger partial charge in [0.2, 0.25) is 5.91 Å². The van der Waals surface area contributed by atoms with Crippen LogP contribution in [0.4, 0.5) is 0 Å². The molecule has 1 atom stereocenters. The van der Waals surface area contributed by atoms with E-state index in [1.807, 2.05) is 25.6 Å². The summed E-state index contributed by atoms with van der Waals surface area (Å²) in [5, 5.41) is 7.93. The van der Waals surface area contributed by atoms with Gasteiger partial charge < -0.3 is 10.2 Å². The first-order valence-electron chi connectivity index (χ1n) is 8.43. The van der Waals surface area contributed by atoms with Crippen molar-refractivity contribution >= 4 is 30.7 Å². The summed E-state index contributed by atoms with van der Waals surface area (Å²) in [4.78, 5) is 15.0. The van der Waals surface area contributed by atoms with Crippen molar-refractivity contribution < 1.29 is 4.79 Å². The molecule has 1 aromatic heterocycles. The van der Waals surface area contributed by atoms with Gasteiger partial charge in [0.1, 0.15) is 0 Å². The molecule has 0 bridgehead atoms. The van der Waals surface area contributed by atoms with Crippen molar-refractivity contribution in [3.8, 4) is 0 Å². The average molecular weight is 377 g/mol. The van der Waals surface area contributed by atoms with Crippen LogP contribution in [-0.2, 0) is 11.8 Å². The smallest absolute Gasteiger partial charge is 0.229 e. The van der Waals surface area contributed by atoms with Gasteiger partial charge in [-0.2, -0.15) is 5.10 Å². The van der Waals surface area contributed by atoms with Gasteiger partial charge in [-0.15, -0.1) is 24.8 Å². The Hall–Kier alpha value is -0.780. The van der Waals surface area contributed by atoms with Crippen LogP contribution in [0.1, 0.15) is 49.1 Å². The number of rotatable bonds is 2. The van der Waals surface area contributed by atoms with Crippen LogP contribution in [0, 0.1) is 19.3 Å². The molecule has 138 valence electrons. The number of hydrogen-bond donors (Lipinski definition) is 1. The number of aromatic nitrogens is 2. The lowest BCUT2D eigenvalue weighted by Crippen LogP contribution is -2.45. The Balaban J connectivity index is 0.00000144. The molecule has 0 saturated carbocycles. The maximum Gasteiger partial charge on any atom is 0.229 e. The van der Waals surface area contributed by atoms with Gasteiger partial charge in [-0.05, 0) is 52.0 Å². The predicted octanol–water partition coefficient (Wildman–Crippen LogP) is 2.59. The van der Waals surface area contributed by atoms with E-state index >= 15 is 0 Å². The summed E-state index contributed by atoms with van der Waals surface area (Å²) >= 11 is 0. The number of halogens is 2. The van der Waals surface area contributed by atoms with E-state index in [1.165, 1.54) is 6.42 Å². The topological polar surface area (TPSA) is 50.2 Å². The van der Waals surface area contributed by atoms with Crippen LogP contribution in [0.25, 0.3) is 0 Å². The molecule has 5 nitrogen and oxygen atoms in total. The van der Waals surface area contributed by atoms with E-state index in [2.05, 4.69) is 22.2 Å². The van der Waals surface area contributed by atoms with Crippen molar-refractivity contribution in [2.75, 3.05) is 26.2 Å². The lowest BCUT2D eigenvalue weighted by atomic mass is 9.77. The van der Waals surface area contributed by atoms with E-state index in [-0.39, 0.29) is 36.6 Å². The monoisotopic (exact) mass is 376 g/mol. The van der Waals surface area contributed by atoms with E-state index < -0.39 is 0 Å². The number of piperidine rings is 1. The normalized spacial score (nSPS) is 20.4. The highest BCUT2D eigenvalue weighted by molar-refractivity contribution is 5.85. The average Bonchev–Trinajstić information content (AvgIpc) is 3.04. The minimum Gasteiger partial charge on any atom is -0.342 e. The molecule has 0 radical (unpaired) electrons. The largest absolute Gasteiger partial charge is 0.342 e. The van der Waals surface area contributed by atoms with Gasteiger partial charge >= 0.3 is 0 Å². The number of hydrogen-bond acceptors (Lipinski definition) is 3. The van der Waals surface area contributed by atoms with Crippen LogP contribution in [0.3, 0.4) is 0 Å². The number of nitrogens with one attached hydrogen (secondary N) is 1. The first-order valence-corrected chi connectivity index (χ1v) is 8.43. The molecule has 3 rings (SSSR count). The van der Waals surface area contributed by atoms with Gasteiger partial charge in [0, 0.05) is 37.9 Å². The molecule has 0 aromatic carbocycles. The van der Waals surface area contributed by atoms with Gasteiger partial charge in [0.15, 0.2) is 0 Å². The molecule has 1 unspecified atom stereocenters. The fourth-order valence-corrected chi connectivity index (χ4v) is 4.24. The fraction of sp³-hybridized carbons (Fsp3) is 0.765. The Kier molecular flexibility index (Phi) is 7.15. The van der Waals surface area contributed by atoms with Crippen molar-refractivity contribution in [2.24, 2.45) is 12.5 Å². The lowest BCUT2D eigenvalue weighted by Gasteiger charge is -2.39. The summed E-state index contributed by atoms with van der Waals surface area (Å²) in [5.41, 5.74) is 3.65. The van der Waals surface area contributed by atoms with Gasteiger partial charge in [-0.25, -0.2) is 0 Å². The van der Waals surface area contributed by atoms with Crippen molar-refractivity contribution in [1.29, 1.82) is 0 Å². The summed E-state index contributed by atoms with van der Waals surface area (Å²) in [6.07, 6.45) is 3.55. The number of carbonyl (C=O) groups is 1. The Labute approximate surface area is 157 Å². The van der Waals surface area contributed by atoms with E-state index in [4.69, 9.17) is 0 Å². The molecule has 2 fully saturated rings. The molecule has 1 amide bonds. The van der Waals surface area contributed by atoms with Crippen molar-refractivity contribution in [3.05, 3.63) is 17.0 Å². The standard InChI is InChI=1S/C17H28N4O.2ClH/c1-12(15-13(2)19-20(4)14(15)3)16(22)21-9-6-17(7-10-21)5-8-18-11-17;;/h12,18H,5-11H2,1-4H3;2*1H. The van der Waals surface area contributed by atoms with Crippen molar-refractivity contribution in [1.82, 2.24) is 20.0 Å². The van der Waals surface area contributed by atoms with E-state index in [9.17, 15) is 4.79 Å². The highest BCUT2D eigenvalue weighted by atomic mass is 35.5. The number of likely N-dealkylation sites (tertiary alicyclic amines) is 1. The third-order valence-corrected chi connectivity index (χ3v) is 5.84. The quantitative estimate of drug-likeness (QED) is 0.862. The van der Waals surface area contributed by atoms with E-state index in [1.54, 1.807) is 0 Å². The summed E-state index contributed by atoms with van der Waals surface area (Å²) in [6, 6.07) is 0. The first-order chi connectivity index (χ1) is 10.4. The molecule has 24 heavy (non-hydrogen) atoms. The highest BCUT2D eigenvalue weighted by Crippen LogP contribution is 2.37. The zero-order valence-electron chi connectivity index (χ0n) is 15.1. The zero-order chi connectivity index (χ0) is 15.9. The Morgan fingerprint density at radius 1 is 1.21 bits per heavy atom. The van der Waals surface area contributed by atoms with Gasteiger partial charge in [-0.3, -0.25) is 9.48 Å². The molecule has 2 aliphatic heterocycles. The molecule has 3 heterocycles. The van der Waals surface area contributed by atoms with Crippen LogP contribution in [0.5, 0.6) is 0 Å². The second kappa shape index (κ2) is 8.07. The molecule has 0 aliphatic carbocycles. The SMILES string of the molecule is Cc1nn(C)c(C)c1C(C)C(=O)N1CCC2(CCNC2)CC1.Cl.Cl. The van der Waals surface area contributed by atoms with E-state index in [0.717, 1.165) is 56.0 Å². The maximum atomic E-state index is 12.9. The summed E-state index contributed by atoms with van der Waals surface area (Å²) in [7, 11) is 1.95. The third kappa shape index (κ3) is 3.73. The highest BCUT2D eigenvalue weighted by Gasteiger charge is 2.39. The summed E-state index contributed by atoms with van der Waals surface area (Å²) in [6.45, 7) is 10.2. The maximum absolute atomic E-state index is 12.9. The second-order valence-corrected chi connectivity index (χ2v) is 7.18. The van der Waals surface area contributed by atoms with Crippen LogP contribution in [0.2, 0.25) is 0 Å². The number of carbonyl (C=O) groups excluding carboxylic acids is 1. The molecule has 1 aromatic rings. The Morgan fingerprint density at radius 3 is 2.29 bits per heavy atom. The van der Waals surface area contributed by atoms with Crippen LogP contribution in [0.15, 0.2) is 0 Å². The Morgan fingerprint density at radius 2 is 1.83 bits per heavy atom. The molecule has 1 N–H and O–H groups in total. The number of amides is 1. The van der Waals surface area contributed by atoms with Gasteiger partial charge in [0.05, 0.1) is 11.6 Å². The minimum absolute atomic E-state index is 0. The van der Waals surface area contributed by atoms with Crippen LogP contribution in [-0.4, -0.2) is 46.8 Å². The predicted molar refractivity (Wildman–Crippen MR) is 101 cm³/mol. The number of nitrogens with zero attached hydrogens (tertiary/aromatic N) is 3. The molecule has 1 spiro atoms. The second-order valence-electron chi connectivity index (χ2n) is 7.18. The van der Waals surface area contributed by atoms with Crippen LogP contribution < -0.4 is 5.32 Å². The summed E-state index contributed by atoms with van der Waals surface area (Å²) in [5.74, 6) is 0.171. The van der Waals surface area contributed by atoms with E-state index in [0.29, 0.717) is 5.41 Å². The van der Waals surface area contributed by atoms with Crippen molar-refractivity contribution in [3.63, 3.8) is 0 Å². The molecular formula is C17H30Cl2N4O. The molecular weight excluding hydrogens is 347 g/mol. The first kappa shape index (κ1) is 21.3. The number of aryl methyl sites for hydroxylation is 2. The zero-order valence-corrected chi connectivity index (χ0v) is 16.7. The summed E-state index contributed by atoms with van der Waals surface area (Å²) < 4.78 is 1.88. The third-order valence-electron chi connectivity index (χ3n) is 5.84. The minimum atomic E-state index is -0.0931. The molecule has 2 aliphatic rings. The van der Waals surface area contributed by atoms with Gasteiger partial charge in [-0.1, -0.05) is 0 Å². The van der Waals surface area contributed by atoms with Crippen molar-refractivity contribution in [2.45, 2.75) is 46.0 Å².